The Morgan fingerprint density at radius 2 is 1.79 bits per heavy atom. The predicted molar refractivity (Wildman–Crippen MR) is 111 cm³/mol. The second-order valence-electron chi connectivity index (χ2n) is 6.83. The van der Waals surface area contributed by atoms with Crippen LogP contribution in [0.3, 0.4) is 0 Å². The summed E-state index contributed by atoms with van der Waals surface area (Å²) in [5, 5.41) is 4.58. The van der Waals surface area contributed by atoms with E-state index in [0.717, 1.165) is 44.2 Å². The first-order valence-electron chi connectivity index (χ1n) is 9.68. The van der Waals surface area contributed by atoms with Crippen LogP contribution in [0.2, 0.25) is 0 Å². The van der Waals surface area contributed by atoms with Gasteiger partial charge in [-0.2, -0.15) is 4.68 Å². The molecule has 6 nitrogen and oxygen atoms in total. The van der Waals surface area contributed by atoms with Crippen molar-refractivity contribution in [2.75, 3.05) is 37.7 Å². The molecule has 0 unspecified atom stereocenters. The summed E-state index contributed by atoms with van der Waals surface area (Å²) in [4.78, 5) is 4.26. The number of nitrogens with zero attached hydrogens (tertiary/aromatic N) is 3. The lowest BCUT2D eigenvalue weighted by atomic mass is 10.2. The summed E-state index contributed by atoms with van der Waals surface area (Å²) >= 11 is 5.38. The third-order valence-electron chi connectivity index (χ3n) is 4.98. The van der Waals surface area contributed by atoms with Gasteiger partial charge < -0.3 is 19.0 Å². The number of quaternary nitrogens is 1. The Balaban J connectivity index is 1.40. The van der Waals surface area contributed by atoms with Gasteiger partial charge in [-0.15, -0.1) is 5.10 Å². The third-order valence-corrected chi connectivity index (χ3v) is 5.27. The fraction of sp³-hybridized carbons (Fsp3) is 0.333. The zero-order valence-corrected chi connectivity index (χ0v) is 16.8. The van der Waals surface area contributed by atoms with Gasteiger partial charge in [0.05, 0.1) is 38.5 Å². The highest BCUT2D eigenvalue weighted by Gasteiger charge is 2.23. The van der Waals surface area contributed by atoms with Crippen molar-refractivity contribution >= 4 is 17.9 Å². The first-order chi connectivity index (χ1) is 13.7. The fourth-order valence-electron chi connectivity index (χ4n) is 3.53. The molecule has 3 aromatic rings. The Kier molecular flexibility index (Phi) is 5.73. The highest BCUT2D eigenvalue weighted by atomic mass is 32.1. The molecule has 0 atom stereocenters. The molecule has 1 aliphatic heterocycles. The highest BCUT2D eigenvalue weighted by Crippen LogP contribution is 2.27. The normalized spacial score (nSPS) is 15.0. The van der Waals surface area contributed by atoms with Crippen LogP contribution < -0.4 is 14.5 Å². The van der Waals surface area contributed by atoms with Crippen molar-refractivity contribution in [1.29, 1.82) is 0 Å². The van der Waals surface area contributed by atoms with Gasteiger partial charge in [-0.05, 0) is 43.4 Å². The van der Waals surface area contributed by atoms with E-state index < -0.39 is 0 Å². The first-order valence-corrected chi connectivity index (χ1v) is 10.1. The number of rotatable bonds is 6. The maximum Gasteiger partial charge on any atom is 0.292 e. The lowest BCUT2D eigenvalue weighted by molar-refractivity contribution is -0.924. The first kappa shape index (κ1) is 18.7. The summed E-state index contributed by atoms with van der Waals surface area (Å²) in [5.41, 5.74) is 2.12. The second kappa shape index (κ2) is 8.58. The van der Waals surface area contributed by atoms with Crippen molar-refractivity contribution in [2.24, 2.45) is 0 Å². The van der Waals surface area contributed by atoms with Crippen LogP contribution in [0.15, 0.2) is 59.0 Å². The predicted octanol–water partition coefficient (Wildman–Crippen LogP) is 2.63. The number of nitrogens with one attached hydrogen (secondary N) is 1. The van der Waals surface area contributed by atoms with Gasteiger partial charge in [0.25, 0.3) is 4.84 Å². The van der Waals surface area contributed by atoms with Gasteiger partial charge in [0, 0.05) is 5.56 Å². The van der Waals surface area contributed by atoms with E-state index in [1.165, 1.54) is 10.6 Å². The summed E-state index contributed by atoms with van der Waals surface area (Å²) in [6, 6.07) is 18.1. The molecular weight excluding hydrogens is 372 g/mol. The number of anilines is 1. The summed E-state index contributed by atoms with van der Waals surface area (Å²) in [7, 11) is 0. The van der Waals surface area contributed by atoms with Crippen LogP contribution in [0.1, 0.15) is 6.92 Å². The zero-order chi connectivity index (χ0) is 19.3. The smallest absolute Gasteiger partial charge is 0.292 e. The molecule has 1 saturated heterocycles. The van der Waals surface area contributed by atoms with Gasteiger partial charge in [-0.1, -0.05) is 30.3 Å². The minimum Gasteiger partial charge on any atom is -0.492 e. The molecule has 146 valence electrons. The topological polar surface area (TPSA) is 47.9 Å². The van der Waals surface area contributed by atoms with Crippen molar-refractivity contribution in [3.8, 4) is 17.2 Å². The van der Waals surface area contributed by atoms with Crippen LogP contribution in [0, 0.1) is 4.84 Å². The number of hydrogen-bond acceptors (Lipinski definition) is 5. The van der Waals surface area contributed by atoms with E-state index in [1.807, 2.05) is 49.4 Å². The summed E-state index contributed by atoms with van der Waals surface area (Å²) in [6.45, 7) is 7.37. The molecule has 0 bridgehead atoms. The minimum atomic E-state index is 0.426. The average molecular weight is 398 g/mol. The molecular formula is C21H25N4O2S+. The number of piperazine rings is 1. The summed E-state index contributed by atoms with van der Waals surface area (Å²) < 4.78 is 13.3. The molecule has 28 heavy (non-hydrogen) atoms. The average Bonchev–Trinajstić information content (AvgIpc) is 3.10. The minimum absolute atomic E-state index is 0.426. The third kappa shape index (κ3) is 4.10. The van der Waals surface area contributed by atoms with Gasteiger partial charge in [-0.3, -0.25) is 0 Å². The van der Waals surface area contributed by atoms with Gasteiger partial charge >= 0.3 is 0 Å². The Labute approximate surface area is 169 Å². The van der Waals surface area contributed by atoms with Crippen LogP contribution in [0.5, 0.6) is 5.75 Å². The van der Waals surface area contributed by atoms with Crippen LogP contribution in [0.4, 0.5) is 5.69 Å². The van der Waals surface area contributed by atoms with E-state index >= 15 is 0 Å². The van der Waals surface area contributed by atoms with E-state index in [9.17, 15) is 0 Å². The number of benzene rings is 2. The van der Waals surface area contributed by atoms with Gasteiger partial charge in [0.1, 0.15) is 5.75 Å². The maximum absolute atomic E-state index is 5.78. The molecule has 1 aliphatic rings. The SMILES string of the molecule is CCOc1ccccc1N1CC[NH+](Cn2nc(-c3ccccc3)oc2=S)CC1. The number of ether oxygens (including phenoxy) is 1. The largest absolute Gasteiger partial charge is 0.492 e. The Morgan fingerprint density at radius 3 is 2.54 bits per heavy atom. The summed E-state index contributed by atoms with van der Waals surface area (Å²) in [5.74, 6) is 1.54. The molecule has 0 spiro atoms. The molecule has 0 aliphatic carbocycles. The standard InChI is InChI=1S/C21H24N4O2S/c1-2-26-19-11-7-6-10-18(19)24-14-12-23(13-15-24)16-25-21(28)27-20(22-25)17-8-4-3-5-9-17/h3-11H,2,12-16H2,1H3/p+1. The quantitative estimate of drug-likeness (QED) is 0.648. The Bertz CT molecular complexity index is 962. The summed E-state index contributed by atoms with van der Waals surface area (Å²) in [6.07, 6.45) is 0. The molecule has 7 heteroatoms. The second-order valence-corrected chi connectivity index (χ2v) is 7.18. The number of para-hydroxylation sites is 2. The zero-order valence-electron chi connectivity index (χ0n) is 16.0. The monoisotopic (exact) mass is 397 g/mol. The van der Waals surface area contributed by atoms with E-state index in [4.69, 9.17) is 21.4 Å². The molecule has 0 radical (unpaired) electrons. The van der Waals surface area contributed by atoms with Crippen molar-refractivity contribution in [1.82, 2.24) is 9.78 Å². The molecule has 4 rings (SSSR count). The number of aromatic nitrogens is 2. The molecule has 1 N–H and O–H groups in total. The van der Waals surface area contributed by atoms with Crippen molar-refractivity contribution in [3.05, 3.63) is 59.4 Å². The fourth-order valence-corrected chi connectivity index (χ4v) is 3.72. The van der Waals surface area contributed by atoms with Gasteiger partial charge in [-0.25, -0.2) is 0 Å². The lowest BCUT2D eigenvalue weighted by Gasteiger charge is -2.34. The molecule has 0 amide bonds. The van der Waals surface area contributed by atoms with E-state index in [2.05, 4.69) is 22.1 Å². The molecule has 2 heterocycles. The van der Waals surface area contributed by atoms with Crippen LogP contribution in [-0.2, 0) is 6.67 Å². The molecule has 2 aromatic carbocycles. The van der Waals surface area contributed by atoms with Crippen molar-refractivity contribution < 1.29 is 14.1 Å². The molecule has 0 saturated carbocycles. The van der Waals surface area contributed by atoms with Crippen LogP contribution in [0.25, 0.3) is 11.5 Å². The van der Waals surface area contributed by atoms with Crippen molar-refractivity contribution in [2.45, 2.75) is 13.6 Å². The van der Waals surface area contributed by atoms with Crippen molar-refractivity contribution in [3.63, 3.8) is 0 Å². The van der Waals surface area contributed by atoms with Gasteiger partial charge in [0.15, 0.2) is 6.67 Å². The van der Waals surface area contributed by atoms with E-state index in [0.29, 0.717) is 17.3 Å². The lowest BCUT2D eigenvalue weighted by Crippen LogP contribution is -3.14. The molecule has 1 fully saturated rings. The highest BCUT2D eigenvalue weighted by molar-refractivity contribution is 7.71. The van der Waals surface area contributed by atoms with E-state index in [-0.39, 0.29) is 0 Å². The Morgan fingerprint density at radius 1 is 1.07 bits per heavy atom. The van der Waals surface area contributed by atoms with E-state index in [1.54, 1.807) is 4.68 Å². The molecule has 1 aromatic heterocycles. The van der Waals surface area contributed by atoms with Crippen LogP contribution in [-0.4, -0.2) is 42.6 Å². The maximum atomic E-state index is 5.78. The van der Waals surface area contributed by atoms with Crippen LogP contribution >= 0.6 is 12.2 Å². The van der Waals surface area contributed by atoms with Gasteiger partial charge in [0.2, 0.25) is 5.89 Å². The number of hydrogen-bond donors (Lipinski definition) is 1. The Hall–Kier alpha value is -2.64.